The minimum atomic E-state index is -0.265. The number of hydrogen-bond donors (Lipinski definition) is 1. The minimum absolute atomic E-state index is 0.265. The van der Waals surface area contributed by atoms with Crippen molar-refractivity contribution in [1.29, 1.82) is 5.26 Å². The molecule has 98 valence electrons. The minimum Gasteiger partial charge on any atom is -0.301 e. The fraction of sp³-hybridized carbons (Fsp3) is 0.929. The molecular formula is C14H27N3. The van der Waals surface area contributed by atoms with E-state index in [0.717, 1.165) is 32.5 Å². The van der Waals surface area contributed by atoms with E-state index in [4.69, 9.17) is 0 Å². The topological polar surface area (TPSA) is 39.1 Å². The molecule has 0 radical (unpaired) electrons. The van der Waals surface area contributed by atoms with Gasteiger partial charge in [0.1, 0.15) is 5.54 Å². The second kappa shape index (κ2) is 6.98. The molecule has 2 atom stereocenters. The van der Waals surface area contributed by atoms with Crippen LogP contribution in [-0.4, -0.2) is 36.1 Å². The van der Waals surface area contributed by atoms with Gasteiger partial charge in [-0.15, -0.1) is 0 Å². The maximum Gasteiger partial charge on any atom is 0.108 e. The fourth-order valence-corrected chi connectivity index (χ4v) is 3.08. The van der Waals surface area contributed by atoms with Crippen molar-refractivity contribution in [2.24, 2.45) is 0 Å². The Labute approximate surface area is 106 Å². The highest BCUT2D eigenvalue weighted by Gasteiger charge is 2.37. The number of nitrogens with zero attached hydrogens (tertiary/aromatic N) is 2. The molecule has 1 N–H and O–H groups in total. The Morgan fingerprint density at radius 2 is 2.18 bits per heavy atom. The lowest BCUT2D eigenvalue weighted by molar-refractivity contribution is 0.125. The highest BCUT2D eigenvalue weighted by Crippen LogP contribution is 2.30. The van der Waals surface area contributed by atoms with Gasteiger partial charge in [-0.2, -0.15) is 5.26 Å². The zero-order valence-corrected chi connectivity index (χ0v) is 11.6. The van der Waals surface area contributed by atoms with Crippen LogP contribution in [0.3, 0.4) is 0 Å². The Balaban J connectivity index is 2.67. The van der Waals surface area contributed by atoms with Crippen LogP contribution in [0.15, 0.2) is 0 Å². The monoisotopic (exact) mass is 237 g/mol. The van der Waals surface area contributed by atoms with E-state index < -0.39 is 0 Å². The Kier molecular flexibility index (Phi) is 5.94. The molecule has 1 aliphatic rings. The summed E-state index contributed by atoms with van der Waals surface area (Å²) in [4.78, 5) is 2.54. The molecule has 0 aromatic rings. The molecule has 0 bridgehead atoms. The fourth-order valence-electron chi connectivity index (χ4n) is 3.08. The highest BCUT2D eigenvalue weighted by molar-refractivity contribution is 5.11. The van der Waals surface area contributed by atoms with Gasteiger partial charge in [0.2, 0.25) is 0 Å². The van der Waals surface area contributed by atoms with Crippen molar-refractivity contribution in [3.8, 4) is 6.07 Å². The summed E-state index contributed by atoms with van der Waals surface area (Å²) in [6.45, 7) is 9.70. The summed E-state index contributed by atoms with van der Waals surface area (Å²) in [5.41, 5.74) is -0.265. The van der Waals surface area contributed by atoms with Gasteiger partial charge < -0.3 is 4.90 Å². The maximum absolute atomic E-state index is 9.44. The van der Waals surface area contributed by atoms with Gasteiger partial charge in [-0.05, 0) is 51.7 Å². The molecule has 1 rings (SSSR count). The van der Waals surface area contributed by atoms with Crippen LogP contribution in [0.1, 0.15) is 52.9 Å². The lowest BCUT2D eigenvalue weighted by Crippen LogP contribution is -2.52. The van der Waals surface area contributed by atoms with Crippen LogP contribution in [0.25, 0.3) is 0 Å². The van der Waals surface area contributed by atoms with Crippen LogP contribution in [0.2, 0.25) is 0 Å². The van der Waals surface area contributed by atoms with E-state index in [1.165, 1.54) is 19.3 Å². The predicted octanol–water partition coefficient (Wildman–Crippen LogP) is 2.53. The van der Waals surface area contributed by atoms with Crippen molar-refractivity contribution in [2.45, 2.75) is 64.5 Å². The van der Waals surface area contributed by atoms with Crippen molar-refractivity contribution in [1.82, 2.24) is 10.2 Å². The molecule has 3 nitrogen and oxygen atoms in total. The summed E-state index contributed by atoms with van der Waals surface area (Å²) in [5.74, 6) is 0. The summed E-state index contributed by atoms with van der Waals surface area (Å²) in [6.07, 6.45) is 5.63. The molecule has 0 amide bonds. The smallest absolute Gasteiger partial charge is 0.108 e. The number of nitriles is 1. The lowest BCUT2D eigenvalue weighted by Gasteiger charge is -2.41. The van der Waals surface area contributed by atoms with Crippen LogP contribution in [0.4, 0.5) is 0 Å². The zero-order chi connectivity index (χ0) is 12.7. The average Bonchev–Trinajstić information content (AvgIpc) is 2.36. The van der Waals surface area contributed by atoms with E-state index in [-0.39, 0.29) is 5.54 Å². The second-order valence-corrected chi connectivity index (χ2v) is 5.10. The van der Waals surface area contributed by atoms with E-state index in [9.17, 15) is 5.26 Å². The first-order chi connectivity index (χ1) is 8.21. The maximum atomic E-state index is 9.44. The lowest BCUT2D eigenvalue weighted by atomic mass is 9.79. The first kappa shape index (κ1) is 14.5. The molecule has 3 heteroatoms. The summed E-state index contributed by atoms with van der Waals surface area (Å²) in [7, 11) is 0. The molecule has 0 spiro atoms. The predicted molar refractivity (Wildman–Crippen MR) is 71.8 cm³/mol. The third-order valence-corrected chi connectivity index (χ3v) is 3.89. The van der Waals surface area contributed by atoms with Gasteiger partial charge in [0.25, 0.3) is 0 Å². The van der Waals surface area contributed by atoms with Gasteiger partial charge in [0.15, 0.2) is 0 Å². The molecule has 0 saturated heterocycles. The van der Waals surface area contributed by atoms with E-state index in [1.54, 1.807) is 0 Å². The van der Waals surface area contributed by atoms with Crippen molar-refractivity contribution < 1.29 is 0 Å². The van der Waals surface area contributed by atoms with Crippen molar-refractivity contribution in [3.63, 3.8) is 0 Å². The van der Waals surface area contributed by atoms with Crippen LogP contribution in [0, 0.1) is 11.3 Å². The summed E-state index contributed by atoms with van der Waals surface area (Å²) < 4.78 is 0. The number of hydrogen-bond acceptors (Lipinski definition) is 3. The molecular weight excluding hydrogens is 210 g/mol. The van der Waals surface area contributed by atoms with Gasteiger partial charge in [-0.3, -0.25) is 5.32 Å². The van der Waals surface area contributed by atoms with E-state index in [1.807, 2.05) is 0 Å². The van der Waals surface area contributed by atoms with Crippen LogP contribution < -0.4 is 5.32 Å². The Morgan fingerprint density at radius 1 is 1.41 bits per heavy atom. The van der Waals surface area contributed by atoms with Crippen molar-refractivity contribution in [3.05, 3.63) is 0 Å². The summed E-state index contributed by atoms with van der Waals surface area (Å²) in [6, 6.07) is 3.12. The molecule has 2 unspecified atom stereocenters. The quantitative estimate of drug-likeness (QED) is 0.771. The van der Waals surface area contributed by atoms with Crippen molar-refractivity contribution >= 4 is 0 Å². The first-order valence-corrected chi connectivity index (χ1v) is 7.11. The highest BCUT2D eigenvalue weighted by atomic mass is 15.2. The first-order valence-electron chi connectivity index (χ1n) is 7.11. The van der Waals surface area contributed by atoms with Gasteiger partial charge in [-0.25, -0.2) is 0 Å². The number of nitrogens with one attached hydrogen (secondary N) is 1. The zero-order valence-electron chi connectivity index (χ0n) is 11.6. The van der Waals surface area contributed by atoms with Crippen LogP contribution in [0.5, 0.6) is 0 Å². The Bertz CT molecular complexity index is 255. The van der Waals surface area contributed by atoms with Crippen LogP contribution >= 0.6 is 0 Å². The Morgan fingerprint density at radius 3 is 2.71 bits per heavy atom. The average molecular weight is 237 g/mol. The molecule has 1 aliphatic carbocycles. The van der Waals surface area contributed by atoms with Crippen molar-refractivity contribution in [2.75, 3.05) is 19.6 Å². The van der Waals surface area contributed by atoms with Gasteiger partial charge >= 0.3 is 0 Å². The summed E-state index contributed by atoms with van der Waals surface area (Å²) >= 11 is 0. The normalized spacial score (nSPS) is 29.2. The van der Waals surface area contributed by atoms with E-state index >= 15 is 0 Å². The third kappa shape index (κ3) is 3.69. The third-order valence-electron chi connectivity index (χ3n) is 3.89. The van der Waals surface area contributed by atoms with Gasteiger partial charge in [-0.1, -0.05) is 20.8 Å². The molecule has 0 aromatic heterocycles. The number of rotatable bonds is 6. The second-order valence-electron chi connectivity index (χ2n) is 5.10. The largest absolute Gasteiger partial charge is 0.301 e. The van der Waals surface area contributed by atoms with E-state index in [2.05, 4.69) is 37.1 Å². The molecule has 17 heavy (non-hydrogen) atoms. The Hall–Kier alpha value is -0.590. The van der Waals surface area contributed by atoms with Gasteiger partial charge in [0.05, 0.1) is 6.07 Å². The molecule has 0 aliphatic heterocycles. The molecule has 0 heterocycles. The molecule has 1 saturated carbocycles. The standard InChI is InChI=1S/C14H27N3/c1-4-10-17(6-3)13-8-7-9-14(11-13,12-15)16-5-2/h13,16H,4-11H2,1-3H3. The van der Waals surface area contributed by atoms with Gasteiger partial charge in [0, 0.05) is 6.04 Å². The SMILES string of the molecule is CCCN(CC)C1CCCC(C#N)(NCC)C1. The molecule has 1 fully saturated rings. The van der Waals surface area contributed by atoms with E-state index in [0.29, 0.717) is 6.04 Å². The summed E-state index contributed by atoms with van der Waals surface area (Å²) in [5, 5.41) is 12.9. The molecule has 0 aromatic carbocycles. The van der Waals surface area contributed by atoms with Crippen LogP contribution in [-0.2, 0) is 0 Å².